The second-order valence-electron chi connectivity index (χ2n) is 11.2. The van der Waals surface area contributed by atoms with Gasteiger partial charge in [-0.2, -0.15) is 13.2 Å². The number of amides is 4. The predicted octanol–water partition coefficient (Wildman–Crippen LogP) is 4.49. The highest BCUT2D eigenvalue weighted by atomic mass is 19.4. The molecule has 0 radical (unpaired) electrons. The quantitative estimate of drug-likeness (QED) is 0.193. The van der Waals surface area contributed by atoms with Crippen LogP contribution in [0, 0.1) is 12.7 Å². The smallest absolute Gasteiger partial charge is 0.411 e. The summed E-state index contributed by atoms with van der Waals surface area (Å²) in [5.41, 5.74) is 0.466. The van der Waals surface area contributed by atoms with Gasteiger partial charge in [0.25, 0.3) is 5.91 Å². The number of carboxylic acid groups (broad SMARTS) is 1. The van der Waals surface area contributed by atoms with Crippen molar-refractivity contribution in [1.82, 2.24) is 15.3 Å². The molecule has 12 nitrogen and oxygen atoms in total. The molecule has 1 saturated heterocycles. The molecule has 1 aliphatic rings. The minimum Gasteiger partial charge on any atom is -0.480 e. The molecule has 5 rings (SSSR count). The van der Waals surface area contributed by atoms with E-state index in [4.69, 9.17) is 4.74 Å². The van der Waals surface area contributed by atoms with Gasteiger partial charge >= 0.3 is 18.2 Å². The zero-order valence-corrected chi connectivity index (χ0v) is 26.1. The van der Waals surface area contributed by atoms with Crippen molar-refractivity contribution in [3.05, 3.63) is 89.6 Å². The molecule has 0 bridgehead atoms. The number of imide groups is 1. The van der Waals surface area contributed by atoms with Crippen molar-refractivity contribution in [2.45, 2.75) is 31.6 Å². The largest absolute Gasteiger partial charge is 0.480 e. The summed E-state index contributed by atoms with van der Waals surface area (Å²) in [6.07, 6.45) is -0.247. The number of aliphatic carboxylic acids is 1. The molecule has 16 heteroatoms. The Labute approximate surface area is 276 Å². The van der Waals surface area contributed by atoms with Crippen molar-refractivity contribution < 1.29 is 46.6 Å². The van der Waals surface area contributed by atoms with Crippen LogP contribution in [0.4, 0.5) is 39.4 Å². The molecule has 4 amide bonds. The summed E-state index contributed by atoms with van der Waals surface area (Å²) in [7, 11) is 1.46. The Balaban J connectivity index is 1.40. The van der Waals surface area contributed by atoms with E-state index in [0.29, 0.717) is 23.0 Å². The number of rotatable bonds is 9. The molecule has 49 heavy (non-hydrogen) atoms. The molecular formula is C33H30F4N6O6. The summed E-state index contributed by atoms with van der Waals surface area (Å²) in [6, 6.07) is 7.04. The molecule has 4 aromatic rings. The van der Waals surface area contributed by atoms with Crippen molar-refractivity contribution in [2.75, 3.05) is 41.5 Å². The van der Waals surface area contributed by atoms with E-state index in [0.717, 1.165) is 15.9 Å². The number of hydrogen-bond donors (Lipinski definition) is 2. The number of nitrogens with zero attached hydrogens (tertiary/aromatic N) is 5. The van der Waals surface area contributed by atoms with Crippen LogP contribution < -0.4 is 20.0 Å². The fraction of sp³-hybridized carbons (Fsp3) is 0.273. The molecule has 2 atom stereocenters. The highest BCUT2D eigenvalue weighted by Gasteiger charge is 2.45. The van der Waals surface area contributed by atoms with Crippen LogP contribution in [0.5, 0.6) is 0 Å². The first-order valence-corrected chi connectivity index (χ1v) is 14.9. The first kappa shape index (κ1) is 34.7. The van der Waals surface area contributed by atoms with E-state index >= 15 is 4.39 Å². The second kappa shape index (κ2) is 14.2. The lowest BCUT2D eigenvalue weighted by Crippen LogP contribution is -2.53. The van der Waals surface area contributed by atoms with E-state index in [9.17, 15) is 37.5 Å². The first-order valence-electron chi connectivity index (χ1n) is 14.9. The Hall–Kier alpha value is -5.64. The SMILES string of the molecule is Cc1cc(N2CCOC[C@@H]2C(F)(F)F)cc(F)c1C(=O)N[C@@H](Cc1ccc(N(C=O)C(=O)N(C)c2cccnc2)c2ncccc12)C(=O)O. The molecular weight excluding hydrogens is 652 g/mol. The number of carboxylic acids is 1. The zero-order valence-electron chi connectivity index (χ0n) is 26.1. The van der Waals surface area contributed by atoms with Crippen LogP contribution in [0.1, 0.15) is 21.5 Å². The second-order valence-corrected chi connectivity index (χ2v) is 11.2. The normalized spacial score (nSPS) is 15.4. The summed E-state index contributed by atoms with van der Waals surface area (Å²) < 4.78 is 61.2. The van der Waals surface area contributed by atoms with Gasteiger partial charge in [-0.15, -0.1) is 0 Å². The molecule has 2 aromatic heterocycles. The van der Waals surface area contributed by atoms with Crippen LogP contribution in [0.2, 0.25) is 0 Å². The van der Waals surface area contributed by atoms with E-state index in [1.54, 1.807) is 24.3 Å². The van der Waals surface area contributed by atoms with Crippen molar-refractivity contribution >= 4 is 52.3 Å². The minimum atomic E-state index is -4.65. The molecule has 256 valence electrons. The fourth-order valence-electron chi connectivity index (χ4n) is 5.63. The molecule has 0 unspecified atom stereocenters. The lowest BCUT2D eigenvalue weighted by Gasteiger charge is -2.38. The van der Waals surface area contributed by atoms with Gasteiger partial charge in [-0.05, 0) is 54.4 Å². The molecule has 1 aliphatic heterocycles. The third kappa shape index (κ3) is 7.28. The molecule has 0 spiro atoms. The molecule has 0 aliphatic carbocycles. The molecule has 2 aromatic carbocycles. The number of fused-ring (bicyclic) bond motifs is 1. The zero-order chi connectivity index (χ0) is 35.5. The highest BCUT2D eigenvalue weighted by molar-refractivity contribution is 6.16. The van der Waals surface area contributed by atoms with E-state index in [-0.39, 0.29) is 42.0 Å². The summed E-state index contributed by atoms with van der Waals surface area (Å²) >= 11 is 0. The number of hydrogen-bond acceptors (Lipinski definition) is 8. The molecule has 2 N–H and O–H groups in total. The fourth-order valence-corrected chi connectivity index (χ4v) is 5.63. The van der Waals surface area contributed by atoms with Gasteiger partial charge in [0.05, 0.1) is 41.9 Å². The van der Waals surface area contributed by atoms with Crippen LogP contribution in [-0.4, -0.2) is 84.5 Å². The van der Waals surface area contributed by atoms with Gasteiger partial charge in [-0.1, -0.05) is 12.1 Å². The number of urea groups is 1. The Morgan fingerprint density at radius 2 is 1.92 bits per heavy atom. The van der Waals surface area contributed by atoms with Crippen LogP contribution in [0.3, 0.4) is 0 Å². The van der Waals surface area contributed by atoms with E-state index in [2.05, 4.69) is 15.3 Å². The maximum Gasteiger partial charge on any atom is 0.411 e. The monoisotopic (exact) mass is 682 g/mol. The van der Waals surface area contributed by atoms with Crippen LogP contribution >= 0.6 is 0 Å². The van der Waals surface area contributed by atoms with E-state index in [1.165, 1.54) is 55.7 Å². The van der Waals surface area contributed by atoms with Gasteiger partial charge in [0.15, 0.2) is 0 Å². The summed E-state index contributed by atoms with van der Waals surface area (Å²) in [4.78, 5) is 62.4. The number of ether oxygens (including phenoxy) is 1. The van der Waals surface area contributed by atoms with Gasteiger partial charge in [0.1, 0.15) is 17.9 Å². The molecule has 1 fully saturated rings. The Morgan fingerprint density at radius 1 is 1.16 bits per heavy atom. The summed E-state index contributed by atoms with van der Waals surface area (Å²) in [5.74, 6) is -3.66. The number of halogens is 4. The van der Waals surface area contributed by atoms with Crippen molar-refractivity contribution in [1.29, 1.82) is 0 Å². The number of alkyl halides is 3. The maximum absolute atomic E-state index is 15.4. The Morgan fingerprint density at radius 3 is 2.57 bits per heavy atom. The number of carbonyl (C=O) groups excluding carboxylic acids is 3. The average molecular weight is 683 g/mol. The summed E-state index contributed by atoms with van der Waals surface area (Å²) in [5, 5.41) is 12.7. The third-order valence-electron chi connectivity index (χ3n) is 8.09. The van der Waals surface area contributed by atoms with Crippen molar-refractivity contribution in [3.63, 3.8) is 0 Å². The standard InChI is InChI=1S/C33H30F4N6O6/c1-19-13-22(42-11-12-49-17-27(42)33(35,36)37)15-24(34)28(19)30(45)40-25(31(46)47)14-20-7-8-26(29-23(20)6-4-10-39-29)43(18-44)32(48)41(2)21-5-3-9-38-16-21/h3-10,13,15-16,18,25,27H,11-12,14,17H2,1-2H3,(H,40,45)(H,46,47)/t25-,27+/m0/s1. The number of aromatic nitrogens is 2. The summed E-state index contributed by atoms with van der Waals surface area (Å²) in [6.45, 7) is 0.540. The Bertz CT molecular complexity index is 1870. The van der Waals surface area contributed by atoms with Gasteiger partial charge in [-0.25, -0.2) is 18.9 Å². The van der Waals surface area contributed by atoms with E-state index < -0.39 is 54.2 Å². The Kier molecular flexibility index (Phi) is 10.1. The molecule has 0 saturated carbocycles. The third-order valence-corrected chi connectivity index (χ3v) is 8.09. The van der Waals surface area contributed by atoms with Crippen molar-refractivity contribution in [2.24, 2.45) is 0 Å². The van der Waals surface area contributed by atoms with Crippen molar-refractivity contribution in [3.8, 4) is 0 Å². The predicted molar refractivity (Wildman–Crippen MR) is 170 cm³/mol. The van der Waals surface area contributed by atoms with Gasteiger partial charge in [-0.3, -0.25) is 24.5 Å². The topological polar surface area (TPSA) is 145 Å². The average Bonchev–Trinajstić information content (AvgIpc) is 3.08. The number of benzene rings is 2. The van der Waals surface area contributed by atoms with E-state index in [1.807, 2.05) is 0 Å². The van der Waals surface area contributed by atoms with Gasteiger partial charge in [0, 0.05) is 43.5 Å². The number of carbonyl (C=O) groups is 4. The molecule has 3 heterocycles. The number of morpholine rings is 1. The minimum absolute atomic E-state index is 0.00192. The first-order chi connectivity index (χ1) is 23.3. The lowest BCUT2D eigenvalue weighted by molar-refractivity contribution is -0.167. The van der Waals surface area contributed by atoms with Crippen LogP contribution in [0.25, 0.3) is 10.9 Å². The van der Waals surface area contributed by atoms with Gasteiger partial charge < -0.3 is 20.1 Å². The highest BCUT2D eigenvalue weighted by Crippen LogP contribution is 2.33. The van der Waals surface area contributed by atoms with Crippen LogP contribution in [0.15, 0.2) is 67.1 Å². The van der Waals surface area contributed by atoms with Gasteiger partial charge in [0.2, 0.25) is 6.41 Å². The maximum atomic E-state index is 15.4. The number of pyridine rings is 2. The van der Waals surface area contributed by atoms with Crippen LogP contribution in [-0.2, 0) is 20.7 Å². The lowest BCUT2D eigenvalue weighted by atomic mass is 9.99. The number of nitrogens with one attached hydrogen (secondary N) is 1. The number of aryl methyl sites for hydroxylation is 1. The number of anilines is 3.